The molecule has 0 aliphatic heterocycles. The second-order valence-electron chi connectivity index (χ2n) is 4.01. The summed E-state index contributed by atoms with van der Waals surface area (Å²) in [7, 11) is 0. The van der Waals surface area contributed by atoms with E-state index in [9.17, 15) is 0 Å². The van der Waals surface area contributed by atoms with E-state index in [0.29, 0.717) is 19.1 Å². The van der Waals surface area contributed by atoms with E-state index in [2.05, 4.69) is 30.6 Å². The van der Waals surface area contributed by atoms with Gasteiger partial charge >= 0.3 is 6.01 Å². The van der Waals surface area contributed by atoms with Crippen molar-refractivity contribution in [3.05, 3.63) is 17.7 Å². The van der Waals surface area contributed by atoms with Crippen molar-refractivity contribution < 1.29 is 4.74 Å². The molecule has 0 aromatic carbocycles. The maximum atomic E-state index is 5.82. The van der Waals surface area contributed by atoms with Crippen LogP contribution in [0.15, 0.2) is 12.4 Å². The Morgan fingerprint density at radius 3 is 3.00 bits per heavy atom. The van der Waals surface area contributed by atoms with Gasteiger partial charge in [0.25, 0.3) is 0 Å². The highest BCUT2D eigenvalue weighted by molar-refractivity contribution is 6.28. The summed E-state index contributed by atoms with van der Waals surface area (Å²) in [6.45, 7) is 4.01. The van der Waals surface area contributed by atoms with E-state index in [0.717, 1.165) is 19.4 Å². The van der Waals surface area contributed by atoms with Gasteiger partial charge in [0.15, 0.2) is 0 Å². The van der Waals surface area contributed by atoms with Gasteiger partial charge in [0, 0.05) is 19.3 Å². The first kappa shape index (κ1) is 14.4. The van der Waals surface area contributed by atoms with E-state index in [1.165, 1.54) is 0 Å². The van der Waals surface area contributed by atoms with Crippen LogP contribution in [-0.2, 0) is 6.54 Å². The van der Waals surface area contributed by atoms with Crippen LogP contribution in [0.4, 0.5) is 5.95 Å². The fraction of sp³-hybridized carbons (Fsp3) is 0.545. The van der Waals surface area contributed by atoms with Gasteiger partial charge < -0.3 is 10.1 Å². The quantitative estimate of drug-likeness (QED) is 0.737. The fourth-order valence-corrected chi connectivity index (χ4v) is 1.61. The zero-order chi connectivity index (χ0) is 14.2. The van der Waals surface area contributed by atoms with Gasteiger partial charge in [-0.15, -0.1) is 5.10 Å². The van der Waals surface area contributed by atoms with Crippen LogP contribution >= 0.6 is 11.6 Å². The number of hydrogen-bond acceptors (Lipinski definition) is 7. The van der Waals surface area contributed by atoms with E-state index in [4.69, 9.17) is 16.3 Å². The molecule has 108 valence electrons. The van der Waals surface area contributed by atoms with Crippen molar-refractivity contribution in [1.82, 2.24) is 29.9 Å². The van der Waals surface area contributed by atoms with Crippen LogP contribution in [-0.4, -0.2) is 43.1 Å². The third-order valence-electron chi connectivity index (χ3n) is 2.34. The predicted molar refractivity (Wildman–Crippen MR) is 73.8 cm³/mol. The predicted octanol–water partition coefficient (Wildman–Crippen LogP) is 1.41. The van der Waals surface area contributed by atoms with Crippen molar-refractivity contribution >= 4 is 17.5 Å². The summed E-state index contributed by atoms with van der Waals surface area (Å²) in [4.78, 5) is 12.0. The minimum Gasteiger partial charge on any atom is -0.463 e. The molecule has 0 spiro atoms. The van der Waals surface area contributed by atoms with Crippen molar-refractivity contribution in [2.24, 2.45) is 0 Å². The minimum atomic E-state index is 0.116. The van der Waals surface area contributed by atoms with Gasteiger partial charge in [-0.2, -0.15) is 15.0 Å². The van der Waals surface area contributed by atoms with Crippen molar-refractivity contribution in [1.29, 1.82) is 0 Å². The summed E-state index contributed by atoms with van der Waals surface area (Å²) in [6.07, 6.45) is 5.20. The summed E-state index contributed by atoms with van der Waals surface area (Å²) in [6, 6.07) is 0.241. The van der Waals surface area contributed by atoms with Crippen LogP contribution in [0.3, 0.4) is 0 Å². The summed E-state index contributed by atoms with van der Waals surface area (Å²) in [5, 5.41) is 10.8. The molecule has 1 N–H and O–H groups in total. The summed E-state index contributed by atoms with van der Waals surface area (Å²) in [5.74, 6) is 0.412. The third kappa shape index (κ3) is 4.61. The number of nitrogens with zero attached hydrogens (tertiary/aromatic N) is 6. The van der Waals surface area contributed by atoms with Crippen LogP contribution in [0, 0.1) is 0 Å². The first-order valence-corrected chi connectivity index (χ1v) is 6.78. The van der Waals surface area contributed by atoms with Crippen molar-refractivity contribution in [3.8, 4) is 6.01 Å². The fourth-order valence-electron chi connectivity index (χ4n) is 1.46. The summed E-state index contributed by atoms with van der Waals surface area (Å²) in [5.41, 5.74) is 0. The average molecular weight is 298 g/mol. The number of hydrogen-bond donors (Lipinski definition) is 1. The number of ether oxygens (including phenoxy) is 1. The lowest BCUT2D eigenvalue weighted by Gasteiger charge is -2.07. The van der Waals surface area contributed by atoms with Gasteiger partial charge in [-0.1, -0.05) is 12.1 Å². The Balaban J connectivity index is 1.80. The average Bonchev–Trinajstić information content (AvgIpc) is 2.94. The molecule has 0 aliphatic carbocycles. The van der Waals surface area contributed by atoms with Gasteiger partial charge in [0.05, 0.1) is 12.8 Å². The zero-order valence-corrected chi connectivity index (χ0v) is 11.9. The highest BCUT2D eigenvalue weighted by Gasteiger charge is 2.05. The Kier molecular flexibility index (Phi) is 5.48. The number of aryl methyl sites for hydroxylation is 1. The normalized spacial score (nSPS) is 10.5. The van der Waals surface area contributed by atoms with E-state index < -0.39 is 0 Å². The molecule has 0 saturated heterocycles. The lowest BCUT2D eigenvalue weighted by molar-refractivity contribution is 0.291. The molecular formula is C11H16ClN7O. The Morgan fingerprint density at radius 1 is 1.35 bits per heavy atom. The van der Waals surface area contributed by atoms with Crippen LogP contribution < -0.4 is 10.1 Å². The second kappa shape index (κ2) is 7.59. The smallest absolute Gasteiger partial charge is 0.322 e. The molecule has 0 radical (unpaired) electrons. The van der Waals surface area contributed by atoms with Crippen LogP contribution in [0.2, 0.25) is 5.28 Å². The molecule has 0 bridgehead atoms. The Bertz CT molecular complexity index is 519. The molecule has 2 heterocycles. The maximum absolute atomic E-state index is 5.82. The van der Waals surface area contributed by atoms with Crippen LogP contribution in [0.25, 0.3) is 0 Å². The second-order valence-corrected chi connectivity index (χ2v) is 4.34. The Hall–Kier alpha value is -1.96. The number of nitrogens with one attached hydrogen (secondary N) is 1. The van der Waals surface area contributed by atoms with E-state index in [1.54, 1.807) is 10.9 Å². The van der Waals surface area contributed by atoms with E-state index >= 15 is 0 Å². The molecule has 0 aliphatic rings. The SMILES string of the molecule is CCCOc1nc(Cl)nc(NCCCn2ccnn2)n1. The molecule has 8 nitrogen and oxygen atoms in total. The van der Waals surface area contributed by atoms with E-state index in [-0.39, 0.29) is 11.3 Å². The molecule has 2 aromatic rings. The highest BCUT2D eigenvalue weighted by atomic mass is 35.5. The lowest BCUT2D eigenvalue weighted by Crippen LogP contribution is -2.11. The first-order chi connectivity index (χ1) is 9.78. The molecular weight excluding hydrogens is 282 g/mol. The molecule has 2 aromatic heterocycles. The molecule has 2 rings (SSSR count). The van der Waals surface area contributed by atoms with Crippen molar-refractivity contribution in [3.63, 3.8) is 0 Å². The highest BCUT2D eigenvalue weighted by Crippen LogP contribution is 2.11. The van der Waals surface area contributed by atoms with Crippen LogP contribution in [0.1, 0.15) is 19.8 Å². The molecule has 0 unspecified atom stereocenters. The van der Waals surface area contributed by atoms with Gasteiger partial charge in [-0.3, -0.25) is 4.68 Å². The van der Waals surface area contributed by atoms with Crippen molar-refractivity contribution in [2.75, 3.05) is 18.5 Å². The number of halogens is 1. The zero-order valence-electron chi connectivity index (χ0n) is 11.2. The molecule has 0 fully saturated rings. The molecule has 9 heteroatoms. The molecule has 0 atom stereocenters. The summed E-state index contributed by atoms with van der Waals surface area (Å²) < 4.78 is 7.09. The lowest BCUT2D eigenvalue weighted by atomic mass is 10.4. The van der Waals surface area contributed by atoms with E-state index in [1.807, 2.05) is 13.1 Å². The van der Waals surface area contributed by atoms with Crippen LogP contribution in [0.5, 0.6) is 6.01 Å². The van der Waals surface area contributed by atoms with Gasteiger partial charge in [-0.25, -0.2) is 0 Å². The van der Waals surface area contributed by atoms with Gasteiger partial charge in [0.2, 0.25) is 11.2 Å². The molecule has 20 heavy (non-hydrogen) atoms. The molecule has 0 saturated carbocycles. The minimum absolute atomic E-state index is 0.116. The van der Waals surface area contributed by atoms with Gasteiger partial charge in [0.1, 0.15) is 0 Å². The Labute approximate surface area is 121 Å². The standard InChI is InChI=1S/C11H16ClN7O/c1-2-8-20-11-16-9(12)15-10(17-11)13-4-3-6-19-7-5-14-18-19/h5,7H,2-4,6,8H2,1H3,(H,13,15,16,17). The third-order valence-corrected chi connectivity index (χ3v) is 2.51. The topological polar surface area (TPSA) is 90.6 Å². The maximum Gasteiger partial charge on any atom is 0.322 e. The largest absolute Gasteiger partial charge is 0.463 e. The number of rotatable bonds is 8. The Morgan fingerprint density at radius 2 is 2.25 bits per heavy atom. The molecule has 0 amide bonds. The monoisotopic (exact) mass is 297 g/mol. The first-order valence-electron chi connectivity index (χ1n) is 6.40. The van der Waals surface area contributed by atoms with Gasteiger partial charge in [-0.05, 0) is 24.4 Å². The van der Waals surface area contributed by atoms with Crippen molar-refractivity contribution in [2.45, 2.75) is 26.3 Å². The summed E-state index contributed by atoms with van der Waals surface area (Å²) >= 11 is 5.82. The number of anilines is 1. The number of aromatic nitrogens is 6.